The van der Waals surface area contributed by atoms with Crippen LogP contribution in [0.15, 0.2) is 30.3 Å². The molecule has 1 aromatic carbocycles. The summed E-state index contributed by atoms with van der Waals surface area (Å²) in [6, 6.07) is 8.67. The number of hydrogen-bond donors (Lipinski definition) is 1. The van der Waals surface area contributed by atoms with Crippen LogP contribution in [0.2, 0.25) is 0 Å². The average Bonchev–Trinajstić information content (AvgIpc) is 2.18. The number of allylic oxidation sites excluding steroid dienone is 2. The van der Waals surface area contributed by atoms with Gasteiger partial charge in [0.15, 0.2) is 0 Å². The fourth-order valence-corrected chi connectivity index (χ4v) is 1.26. The maximum Gasteiger partial charge on any atom is 0.0202 e. The lowest BCUT2D eigenvalue weighted by atomic mass is 10.1. The number of nitrogens with one attached hydrogen (secondary N) is 1. The van der Waals surface area contributed by atoms with Crippen molar-refractivity contribution in [3.63, 3.8) is 0 Å². The summed E-state index contributed by atoms with van der Waals surface area (Å²) in [5, 5.41) is 3.13. The molecule has 0 radical (unpaired) electrons. The van der Waals surface area contributed by atoms with Crippen LogP contribution in [-0.4, -0.2) is 7.05 Å². The summed E-state index contributed by atoms with van der Waals surface area (Å²) in [6.07, 6.45) is 2.13. The van der Waals surface area contributed by atoms with E-state index in [1.54, 1.807) is 0 Å². The van der Waals surface area contributed by atoms with Crippen molar-refractivity contribution in [3.05, 3.63) is 41.5 Å². The third kappa shape index (κ3) is 2.71. The molecule has 0 atom stereocenters. The van der Waals surface area contributed by atoms with E-state index in [-0.39, 0.29) is 0 Å². The topological polar surface area (TPSA) is 12.0 Å². The average molecular weight is 175 g/mol. The van der Waals surface area contributed by atoms with Crippen molar-refractivity contribution >= 4 is 5.57 Å². The smallest absolute Gasteiger partial charge is 0.0202 e. The van der Waals surface area contributed by atoms with E-state index in [9.17, 15) is 0 Å². The van der Waals surface area contributed by atoms with Gasteiger partial charge in [0.05, 0.1) is 0 Å². The van der Waals surface area contributed by atoms with E-state index in [1.165, 1.54) is 16.7 Å². The molecule has 0 aliphatic carbocycles. The molecule has 1 rings (SSSR count). The van der Waals surface area contributed by atoms with E-state index in [2.05, 4.69) is 49.5 Å². The first-order valence-electron chi connectivity index (χ1n) is 4.64. The highest BCUT2D eigenvalue weighted by atomic mass is 14.8. The van der Waals surface area contributed by atoms with Crippen molar-refractivity contribution < 1.29 is 0 Å². The van der Waals surface area contributed by atoms with Crippen molar-refractivity contribution in [2.75, 3.05) is 7.05 Å². The van der Waals surface area contributed by atoms with Gasteiger partial charge in [0.1, 0.15) is 0 Å². The zero-order valence-corrected chi connectivity index (χ0v) is 8.59. The monoisotopic (exact) mass is 175 g/mol. The lowest BCUT2D eigenvalue weighted by Crippen LogP contribution is -2.04. The van der Waals surface area contributed by atoms with Crippen LogP contribution in [0.25, 0.3) is 5.57 Å². The maximum atomic E-state index is 3.13. The molecule has 0 fully saturated rings. The number of benzene rings is 1. The highest BCUT2D eigenvalue weighted by Crippen LogP contribution is 2.13. The minimum atomic E-state index is 0.940. The van der Waals surface area contributed by atoms with Gasteiger partial charge < -0.3 is 5.32 Å². The Morgan fingerprint density at radius 1 is 1.31 bits per heavy atom. The second-order valence-electron chi connectivity index (χ2n) is 3.20. The fraction of sp³-hybridized carbons (Fsp3) is 0.333. The van der Waals surface area contributed by atoms with Crippen LogP contribution in [0.3, 0.4) is 0 Å². The summed E-state index contributed by atoms with van der Waals surface area (Å²) in [5.41, 5.74) is 3.97. The molecule has 0 aliphatic heterocycles. The predicted molar refractivity (Wildman–Crippen MR) is 58.5 cm³/mol. The Hall–Kier alpha value is -1.08. The summed E-state index contributed by atoms with van der Waals surface area (Å²) in [5.74, 6) is 0. The van der Waals surface area contributed by atoms with E-state index < -0.39 is 0 Å². The second kappa shape index (κ2) is 4.83. The Morgan fingerprint density at radius 3 is 2.38 bits per heavy atom. The second-order valence-corrected chi connectivity index (χ2v) is 3.20. The first-order valence-corrected chi connectivity index (χ1v) is 4.64. The van der Waals surface area contributed by atoms with Crippen molar-refractivity contribution in [2.45, 2.75) is 20.4 Å². The lowest BCUT2D eigenvalue weighted by Gasteiger charge is -2.03. The van der Waals surface area contributed by atoms with E-state index in [1.807, 2.05) is 7.05 Å². The van der Waals surface area contributed by atoms with Gasteiger partial charge in [0, 0.05) is 6.54 Å². The quantitative estimate of drug-likeness (QED) is 0.745. The van der Waals surface area contributed by atoms with Crippen molar-refractivity contribution in [2.24, 2.45) is 0 Å². The molecule has 0 bridgehead atoms. The van der Waals surface area contributed by atoms with Crippen LogP contribution in [0.5, 0.6) is 0 Å². The third-order valence-electron chi connectivity index (χ3n) is 2.22. The van der Waals surface area contributed by atoms with Gasteiger partial charge >= 0.3 is 0 Å². The molecule has 13 heavy (non-hydrogen) atoms. The Morgan fingerprint density at radius 2 is 1.92 bits per heavy atom. The zero-order chi connectivity index (χ0) is 9.68. The first kappa shape index (κ1) is 10.0. The lowest BCUT2D eigenvalue weighted by molar-refractivity contribution is 0.818. The van der Waals surface area contributed by atoms with Gasteiger partial charge in [-0.1, -0.05) is 30.3 Å². The van der Waals surface area contributed by atoms with Gasteiger partial charge in [-0.05, 0) is 37.6 Å². The van der Waals surface area contributed by atoms with Crippen LogP contribution < -0.4 is 5.32 Å². The van der Waals surface area contributed by atoms with E-state index in [4.69, 9.17) is 0 Å². The van der Waals surface area contributed by atoms with Crippen molar-refractivity contribution in [1.29, 1.82) is 0 Å². The van der Waals surface area contributed by atoms with Crippen LogP contribution in [0.4, 0.5) is 0 Å². The van der Waals surface area contributed by atoms with Gasteiger partial charge in [0.25, 0.3) is 0 Å². The molecule has 0 aromatic heterocycles. The minimum absolute atomic E-state index is 0.940. The molecule has 0 saturated carbocycles. The summed E-state index contributed by atoms with van der Waals surface area (Å²) in [7, 11) is 1.96. The Balaban J connectivity index is 2.81. The molecule has 1 nitrogen and oxygen atoms in total. The minimum Gasteiger partial charge on any atom is -0.316 e. The molecule has 0 aliphatic rings. The Labute approximate surface area is 80.5 Å². The molecular formula is C12H17N. The molecule has 0 unspecified atom stereocenters. The summed E-state index contributed by atoms with van der Waals surface area (Å²) in [4.78, 5) is 0. The summed E-state index contributed by atoms with van der Waals surface area (Å²) < 4.78 is 0. The van der Waals surface area contributed by atoms with Crippen LogP contribution >= 0.6 is 0 Å². The van der Waals surface area contributed by atoms with E-state index in [0.29, 0.717) is 0 Å². The van der Waals surface area contributed by atoms with Crippen molar-refractivity contribution in [3.8, 4) is 0 Å². The van der Waals surface area contributed by atoms with E-state index >= 15 is 0 Å². The van der Waals surface area contributed by atoms with Crippen LogP contribution in [0, 0.1) is 0 Å². The zero-order valence-electron chi connectivity index (χ0n) is 8.59. The van der Waals surface area contributed by atoms with Gasteiger partial charge in [-0.2, -0.15) is 0 Å². The third-order valence-corrected chi connectivity index (χ3v) is 2.22. The first-order chi connectivity index (χ1) is 6.27. The molecule has 1 heteroatoms. The standard InChI is InChI=1S/C12H17N/c1-4-10(2)12-7-5-11(6-8-12)9-13-3/h4-8,13H,9H2,1-3H3/b10-4+. The molecule has 70 valence electrons. The molecule has 1 aromatic rings. The predicted octanol–water partition coefficient (Wildman–Crippen LogP) is 2.83. The van der Waals surface area contributed by atoms with Gasteiger partial charge in [0.2, 0.25) is 0 Å². The molecular weight excluding hydrogens is 158 g/mol. The Bertz CT molecular complexity index is 282. The summed E-state index contributed by atoms with van der Waals surface area (Å²) >= 11 is 0. The van der Waals surface area contributed by atoms with Gasteiger partial charge in [-0.25, -0.2) is 0 Å². The van der Waals surface area contributed by atoms with Crippen molar-refractivity contribution in [1.82, 2.24) is 5.32 Å². The molecule has 0 amide bonds. The molecule has 0 saturated heterocycles. The van der Waals surface area contributed by atoms with Gasteiger partial charge in [-0.3, -0.25) is 0 Å². The van der Waals surface area contributed by atoms with Gasteiger partial charge in [-0.15, -0.1) is 0 Å². The fourth-order valence-electron chi connectivity index (χ4n) is 1.26. The van der Waals surface area contributed by atoms with Crippen LogP contribution in [-0.2, 0) is 6.54 Å². The molecule has 1 N–H and O–H groups in total. The normalized spacial score (nSPS) is 11.8. The highest BCUT2D eigenvalue weighted by Gasteiger charge is 1.94. The van der Waals surface area contributed by atoms with Crippen LogP contribution in [0.1, 0.15) is 25.0 Å². The number of rotatable bonds is 3. The molecule has 0 heterocycles. The maximum absolute atomic E-state index is 3.13. The summed E-state index contributed by atoms with van der Waals surface area (Å²) in [6.45, 7) is 5.14. The highest BCUT2D eigenvalue weighted by molar-refractivity contribution is 5.63. The molecule has 0 spiro atoms. The Kier molecular flexibility index (Phi) is 3.71. The largest absolute Gasteiger partial charge is 0.316 e. The SMILES string of the molecule is C/C=C(\C)c1ccc(CNC)cc1. The number of hydrogen-bond acceptors (Lipinski definition) is 1. The van der Waals surface area contributed by atoms with E-state index in [0.717, 1.165) is 6.54 Å².